The van der Waals surface area contributed by atoms with Crippen molar-refractivity contribution in [3.63, 3.8) is 0 Å². The molecule has 1 aliphatic heterocycles. The van der Waals surface area contributed by atoms with E-state index in [0.29, 0.717) is 26.2 Å². The highest BCUT2D eigenvalue weighted by Gasteiger charge is 2.12. The van der Waals surface area contributed by atoms with Gasteiger partial charge in [-0.05, 0) is 13.3 Å². The number of ether oxygens (including phenoxy) is 1. The Morgan fingerprint density at radius 1 is 1.50 bits per heavy atom. The number of rotatable bonds is 4. The summed E-state index contributed by atoms with van der Waals surface area (Å²) >= 11 is 0. The van der Waals surface area contributed by atoms with Crippen molar-refractivity contribution in [1.29, 1.82) is 0 Å². The van der Waals surface area contributed by atoms with Crippen molar-refractivity contribution in [1.82, 2.24) is 9.78 Å². The minimum atomic E-state index is -0.419. The Morgan fingerprint density at radius 2 is 2.22 bits per heavy atom. The first-order valence-electron chi connectivity index (χ1n) is 6.25. The lowest BCUT2D eigenvalue weighted by molar-refractivity contribution is 0.122. The van der Waals surface area contributed by atoms with Crippen molar-refractivity contribution in [2.75, 3.05) is 31.2 Å². The van der Waals surface area contributed by atoms with E-state index < -0.39 is 6.10 Å². The fraction of sp³-hybridized carbons (Fsp3) is 0.667. The minimum absolute atomic E-state index is 0.125. The van der Waals surface area contributed by atoms with Crippen LogP contribution in [0.25, 0.3) is 0 Å². The molecule has 0 bridgehead atoms. The zero-order chi connectivity index (χ0) is 13.0. The average molecular weight is 253 g/mol. The van der Waals surface area contributed by atoms with E-state index in [2.05, 4.69) is 10.00 Å². The van der Waals surface area contributed by atoms with Gasteiger partial charge in [0, 0.05) is 25.7 Å². The van der Waals surface area contributed by atoms with Crippen LogP contribution in [0.4, 0.5) is 5.69 Å². The Bertz CT molecular complexity index is 438. The molecule has 1 fully saturated rings. The predicted molar refractivity (Wildman–Crippen MR) is 67.8 cm³/mol. The lowest BCUT2D eigenvalue weighted by atomic mass is 10.3. The van der Waals surface area contributed by atoms with Crippen LogP contribution in [-0.2, 0) is 11.3 Å². The molecule has 0 saturated carbocycles. The third-order valence-corrected chi connectivity index (χ3v) is 2.99. The molecule has 1 atom stereocenters. The zero-order valence-corrected chi connectivity index (χ0v) is 10.6. The van der Waals surface area contributed by atoms with Crippen LogP contribution >= 0.6 is 0 Å². The average Bonchev–Trinajstić information content (AvgIpc) is 2.38. The Balaban J connectivity index is 2.06. The van der Waals surface area contributed by atoms with Crippen LogP contribution in [0.3, 0.4) is 0 Å². The third-order valence-electron chi connectivity index (χ3n) is 2.99. The van der Waals surface area contributed by atoms with Crippen LogP contribution in [0.15, 0.2) is 17.1 Å². The number of morpholine rings is 1. The van der Waals surface area contributed by atoms with Crippen LogP contribution in [0.1, 0.15) is 13.3 Å². The SMILES string of the molecule is CC(O)CCn1ncc(N2CCOCC2)cc1=O. The number of anilines is 1. The molecule has 0 amide bonds. The van der Waals surface area contributed by atoms with Gasteiger partial charge in [-0.3, -0.25) is 4.79 Å². The molecule has 0 aliphatic carbocycles. The molecular formula is C12H19N3O3. The van der Waals surface area contributed by atoms with Gasteiger partial charge in [0.1, 0.15) is 0 Å². The van der Waals surface area contributed by atoms with E-state index in [1.165, 1.54) is 4.68 Å². The van der Waals surface area contributed by atoms with E-state index in [0.717, 1.165) is 18.8 Å². The summed E-state index contributed by atoms with van der Waals surface area (Å²) in [7, 11) is 0. The molecule has 6 nitrogen and oxygen atoms in total. The maximum Gasteiger partial charge on any atom is 0.268 e. The quantitative estimate of drug-likeness (QED) is 0.808. The number of aromatic nitrogens is 2. The highest BCUT2D eigenvalue weighted by atomic mass is 16.5. The van der Waals surface area contributed by atoms with Gasteiger partial charge in [-0.15, -0.1) is 0 Å². The van der Waals surface area contributed by atoms with Crippen molar-refractivity contribution in [2.24, 2.45) is 0 Å². The number of nitrogens with zero attached hydrogens (tertiary/aromatic N) is 3. The first-order chi connectivity index (χ1) is 8.66. The Kier molecular flexibility index (Phi) is 4.33. The molecule has 1 aromatic rings. The van der Waals surface area contributed by atoms with Gasteiger partial charge in [-0.25, -0.2) is 4.68 Å². The van der Waals surface area contributed by atoms with Gasteiger partial charge in [-0.2, -0.15) is 5.10 Å². The maximum absolute atomic E-state index is 11.9. The molecule has 1 aromatic heterocycles. The molecule has 1 saturated heterocycles. The fourth-order valence-corrected chi connectivity index (χ4v) is 1.90. The molecule has 100 valence electrons. The minimum Gasteiger partial charge on any atom is -0.393 e. The highest BCUT2D eigenvalue weighted by molar-refractivity contribution is 5.43. The van der Waals surface area contributed by atoms with Crippen LogP contribution in [-0.4, -0.2) is 47.3 Å². The Morgan fingerprint density at radius 3 is 2.83 bits per heavy atom. The molecule has 0 radical (unpaired) electrons. The summed E-state index contributed by atoms with van der Waals surface area (Å²) < 4.78 is 6.65. The zero-order valence-electron chi connectivity index (χ0n) is 10.6. The molecule has 2 heterocycles. The molecule has 1 unspecified atom stereocenters. The first kappa shape index (κ1) is 13.0. The number of aryl methyl sites for hydroxylation is 1. The van der Waals surface area contributed by atoms with Crippen molar-refractivity contribution in [3.05, 3.63) is 22.6 Å². The van der Waals surface area contributed by atoms with Gasteiger partial charge >= 0.3 is 0 Å². The summed E-state index contributed by atoms with van der Waals surface area (Å²) in [5.74, 6) is 0. The summed E-state index contributed by atoms with van der Waals surface area (Å²) in [5.41, 5.74) is 0.719. The maximum atomic E-state index is 11.9. The smallest absolute Gasteiger partial charge is 0.268 e. The van der Waals surface area contributed by atoms with Gasteiger partial charge in [0.05, 0.1) is 31.2 Å². The number of aliphatic hydroxyl groups excluding tert-OH is 1. The molecule has 0 spiro atoms. The lowest BCUT2D eigenvalue weighted by Crippen LogP contribution is -2.37. The van der Waals surface area contributed by atoms with Crippen LogP contribution < -0.4 is 10.5 Å². The summed E-state index contributed by atoms with van der Waals surface area (Å²) in [4.78, 5) is 14.0. The standard InChI is InChI=1S/C12H19N3O3/c1-10(16)2-3-15-12(17)8-11(9-13-15)14-4-6-18-7-5-14/h8-10,16H,2-7H2,1H3. The molecule has 6 heteroatoms. The van der Waals surface area contributed by atoms with E-state index in [1.54, 1.807) is 19.2 Å². The van der Waals surface area contributed by atoms with Crippen LogP contribution in [0.2, 0.25) is 0 Å². The van der Waals surface area contributed by atoms with Gasteiger partial charge < -0.3 is 14.7 Å². The van der Waals surface area contributed by atoms with Crippen LogP contribution in [0.5, 0.6) is 0 Å². The summed E-state index contributed by atoms with van der Waals surface area (Å²) in [5, 5.41) is 13.3. The number of hydrogen-bond acceptors (Lipinski definition) is 5. The fourth-order valence-electron chi connectivity index (χ4n) is 1.90. The normalized spacial score (nSPS) is 17.8. The van der Waals surface area contributed by atoms with E-state index in [9.17, 15) is 9.90 Å². The second kappa shape index (κ2) is 5.97. The third kappa shape index (κ3) is 3.30. The number of hydrogen-bond donors (Lipinski definition) is 1. The molecule has 1 aliphatic rings. The Hall–Kier alpha value is -1.40. The Labute approximate surface area is 106 Å². The highest BCUT2D eigenvalue weighted by Crippen LogP contribution is 2.11. The molecule has 0 aromatic carbocycles. The summed E-state index contributed by atoms with van der Waals surface area (Å²) in [6, 6.07) is 1.60. The monoisotopic (exact) mass is 253 g/mol. The van der Waals surface area contributed by atoms with Crippen LogP contribution in [0, 0.1) is 0 Å². The predicted octanol–water partition coefficient (Wildman–Crippen LogP) is -0.149. The van der Waals surface area contributed by atoms with E-state index in [-0.39, 0.29) is 5.56 Å². The first-order valence-corrected chi connectivity index (χ1v) is 6.25. The van der Waals surface area contributed by atoms with Gasteiger partial charge in [0.15, 0.2) is 0 Å². The second-order valence-corrected chi connectivity index (χ2v) is 4.51. The van der Waals surface area contributed by atoms with Crippen molar-refractivity contribution in [3.8, 4) is 0 Å². The van der Waals surface area contributed by atoms with E-state index >= 15 is 0 Å². The summed E-state index contributed by atoms with van der Waals surface area (Å²) in [6.07, 6.45) is 1.82. The second-order valence-electron chi connectivity index (χ2n) is 4.51. The largest absolute Gasteiger partial charge is 0.393 e. The molecule has 2 rings (SSSR count). The lowest BCUT2D eigenvalue weighted by Gasteiger charge is -2.28. The molecular weight excluding hydrogens is 234 g/mol. The van der Waals surface area contributed by atoms with Gasteiger partial charge in [-0.1, -0.05) is 0 Å². The number of aliphatic hydroxyl groups is 1. The van der Waals surface area contributed by atoms with E-state index in [1.807, 2.05) is 0 Å². The van der Waals surface area contributed by atoms with Gasteiger partial charge in [0.2, 0.25) is 0 Å². The van der Waals surface area contributed by atoms with Gasteiger partial charge in [0.25, 0.3) is 5.56 Å². The summed E-state index contributed by atoms with van der Waals surface area (Å²) in [6.45, 7) is 5.10. The van der Waals surface area contributed by atoms with E-state index in [4.69, 9.17) is 4.74 Å². The molecule has 18 heavy (non-hydrogen) atoms. The van der Waals surface area contributed by atoms with Crippen molar-refractivity contribution in [2.45, 2.75) is 26.0 Å². The van der Waals surface area contributed by atoms with Crippen molar-refractivity contribution >= 4 is 5.69 Å². The molecule has 1 N–H and O–H groups in total. The topological polar surface area (TPSA) is 67.6 Å². The van der Waals surface area contributed by atoms with Crippen molar-refractivity contribution < 1.29 is 9.84 Å².